The van der Waals surface area contributed by atoms with Crippen LogP contribution in [0.25, 0.3) is 21.7 Å². The average molecular weight is 497 g/mol. The summed E-state index contributed by atoms with van der Waals surface area (Å²) in [6, 6.07) is 19.5. The fourth-order valence-electron chi connectivity index (χ4n) is 4.72. The van der Waals surface area contributed by atoms with Crippen LogP contribution in [0.3, 0.4) is 0 Å². The maximum atomic E-state index is 12.8. The van der Waals surface area contributed by atoms with Gasteiger partial charge in [0, 0.05) is 60.9 Å². The number of nitrogens with zero attached hydrogens (tertiary/aromatic N) is 2. The van der Waals surface area contributed by atoms with Gasteiger partial charge in [0.1, 0.15) is 4.90 Å². The molecule has 1 aromatic heterocycles. The number of piperazine rings is 1. The van der Waals surface area contributed by atoms with Gasteiger partial charge >= 0.3 is 0 Å². The van der Waals surface area contributed by atoms with Crippen molar-refractivity contribution in [2.75, 3.05) is 44.2 Å². The van der Waals surface area contributed by atoms with Crippen LogP contribution in [-0.2, 0) is 10.0 Å². The molecule has 2 N–H and O–H groups in total. The van der Waals surface area contributed by atoms with Crippen molar-refractivity contribution in [1.29, 1.82) is 0 Å². The third-order valence-electron chi connectivity index (χ3n) is 6.60. The largest absolute Gasteiger partial charge is 0.368 e. The smallest absolute Gasteiger partial charge is 0.242 e. The predicted molar refractivity (Wildman–Crippen MR) is 140 cm³/mol. The summed E-state index contributed by atoms with van der Waals surface area (Å²) in [6.45, 7) is 5.40. The van der Waals surface area contributed by atoms with Crippen LogP contribution in [0.5, 0.6) is 0 Å². The van der Waals surface area contributed by atoms with E-state index in [1.807, 2.05) is 30.5 Å². The van der Waals surface area contributed by atoms with Crippen molar-refractivity contribution in [2.45, 2.75) is 17.7 Å². The quantitative estimate of drug-likeness (QED) is 0.342. The van der Waals surface area contributed by atoms with E-state index in [4.69, 9.17) is 11.6 Å². The summed E-state index contributed by atoms with van der Waals surface area (Å²) in [5.74, 6) is 0. The molecule has 0 radical (unpaired) electrons. The Morgan fingerprint density at radius 2 is 1.71 bits per heavy atom. The van der Waals surface area contributed by atoms with Crippen LogP contribution in [0.1, 0.15) is 12.8 Å². The summed E-state index contributed by atoms with van der Waals surface area (Å²) in [7, 11) is -3.64. The van der Waals surface area contributed by atoms with Gasteiger partial charge in [0.2, 0.25) is 10.0 Å². The second-order valence-electron chi connectivity index (χ2n) is 8.75. The molecule has 0 amide bonds. The molecule has 178 valence electrons. The molecule has 0 saturated carbocycles. The molecule has 0 unspecified atom stereocenters. The zero-order chi connectivity index (χ0) is 23.5. The van der Waals surface area contributed by atoms with Gasteiger partial charge in [-0.25, -0.2) is 13.1 Å². The Labute approximate surface area is 205 Å². The molecular weight excluding hydrogens is 468 g/mol. The number of hydrogen-bond donors (Lipinski definition) is 2. The number of aromatic amines is 1. The first-order chi connectivity index (χ1) is 16.5. The molecular formula is C26H29ClN4O2S. The lowest BCUT2D eigenvalue weighted by Crippen LogP contribution is -2.46. The van der Waals surface area contributed by atoms with E-state index in [0.717, 1.165) is 56.3 Å². The Morgan fingerprint density at radius 3 is 2.56 bits per heavy atom. The van der Waals surface area contributed by atoms with Gasteiger partial charge in [0.15, 0.2) is 0 Å². The summed E-state index contributed by atoms with van der Waals surface area (Å²) in [5, 5.41) is 3.23. The van der Waals surface area contributed by atoms with Crippen LogP contribution in [0, 0.1) is 0 Å². The summed E-state index contributed by atoms with van der Waals surface area (Å²) in [4.78, 5) is 8.34. The molecule has 6 nitrogen and oxygen atoms in total. The van der Waals surface area contributed by atoms with Gasteiger partial charge in [-0.1, -0.05) is 48.0 Å². The number of nitrogens with one attached hydrogen (secondary N) is 2. The molecule has 4 aromatic rings. The number of aromatic nitrogens is 1. The molecule has 1 saturated heterocycles. The zero-order valence-electron chi connectivity index (χ0n) is 19.0. The molecule has 1 aliphatic rings. The topological polar surface area (TPSA) is 68.4 Å². The number of anilines is 1. The number of halogens is 1. The van der Waals surface area contributed by atoms with E-state index < -0.39 is 10.0 Å². The van der Waals surface area contributed by atoms with Crippen molar-refractivity contribution in [3.8, 4) is 0 Å². The van der Waals surface area contributed by atoms with Crippen LogP contribution >= 0.6 is 11.6 Å². The summed E-state index contributed by atoms with van der Waals surface area (Å²) < 4.78 is 28.3. The first-order valence-electron chi connectivity index (χ1n) is 11.7. The lowest BCUT2D eigenvalue weighted by atomic mass is 10.1. The Bertz CT molecular complexity index is 1390. The van der Waals surface area contributed by atoms with Crippen LogP contribution in [-0.4, -0.2) is 57.6 Å². The number of sulfonamides is 1. The summed E-state index contributed by atoms with van der Waals surface area (Å²) >= 11 is 6.42. The first kappa shape index (κ1) is 23.2. The van der Waals surface area contributed by atoms with Gasteiger partial charge in [0.05, 0.1) is 5.02 Å². The van der Waals surface area contributed by atoms with Crippen molar-refractivity contribution < 1.29 is 8.42 Å². The van der Waals surface area contributed by atoms with Crippen LogP contribution < -0.4 is 9.62 Å². The first-order valence-corrected chi connectivity index (χ1v) is 13.6. The maximum Gasteiger partial charge on any atom is 0.242 e. The number of unbranched alkanes of at least 4 members (excludes halogenated alkanes) is 1. The minimum absolute atomic E-state index is 0.140. The minimum Gasteiger partial charge on any atom is -0.368 e. The standard InChI is InChI=1S/C26H29ClN4O2S/c27-26-21-7-2-1-6-20(21)10-11-25(26)34(32,33)29-13-3-4-15-30-16-18-31(19-17-30)24-9-5-8-23-22(24)12-14-28-23/h1-2,5-12,14,28-29H,3-4,13,15-19H2. The van der Waals surface area contributed by atoms with Gasteiger partial charge < -0.3 is 9.88 Å². The highest BCUT2D eigenvalue weighted by Gasteiger charge is 2.20. The molecule has 8 heteroatoms. The molecule has 0 spiro atoms. The average Bonchev–Trinajstić information content (AvgIpc) is 3.34. The van der Waals surface area contributed by atoms with Crippen LogP contribution in [0.15, 0.2) is 71.8 Å². The molecule has 34 heavy (non-hydrogen) atoms. The maximum absolute atomic E-state index is 12.8. The third-order valence-corrected chi connectivity index (χ3v) is 8.62. The monoisotopic (exact) mass is 496 g/mol. The highest BCUT2D eigenvalue weighted by Crippen LogP contribution is 2.30. The Hall–Kier alpha value is -2.58. The summed E-state index contributed by atoms with van der Waals surface area (Å²) in [6.07, 6.45) is 3.72. The highest BCUT2D eigenvalue weighted by atomic mass is 35.5. The lowest BCUT2D eigenvalue weighted by Gasteiger charge is -2.36. The summed E-state index contributed by atoms with van der Waals surface area (Å²) in [5.41, 5.74) is 2.47. The minimum atomic E-state index is -3.64. The van der Waals surface area contributed by atoms with Crippen LogP contribution in [0.4, 0.5) is 5.69 Å². The van der Waals surface area contributed by atoms with Crippen molar-refractivity contribution in [1.82, 2.24) is 14.6 Å². The van der Waals surface area contributed by atoms with E-state index in [1.165, 1.54) is 16.6 Å². The van der Waals surface area contributed by atoms with Gasteiger partial charge in [-0.15, -0.1) is 0 Å². The number of fused-ring (bicyclic) bond motifs is 2. The van der Waals surface area contributed by atoms with E-state index in [1.54, 1.807) is 12.1 Å². The number of benzene rings is 3. The molecule has 1 fully saturated rings. The van der Waals surface area contributed by atoms with Gasteiger partial charge in [-0.2, -0.15) is 0 Å². The molecule has 1 aliphatic heterocycles. The SMILES string of the molecule is O=S(=O)(NCCCCN1CCN(c2cccc3[nH]ccc23)CC1)c1ccc2ccccc2c1Cl. The van der Waals surface area contributed by atoms with E-state index in [-0.39, 0.29) is 9.92 Å². The van der Waals surface area contributed by atoms with Crippen molar-refractivity contribution in [3.63, 3.8) is 0 Å². The predicted octanol–water partition coefficient (Wildman–Crippen LogP) is 4.86. The third kappa shape index (κ3) is 4.79. The molecule has 2 heterocycles. The van der Waals surface area contributed by atoms with Gasteiger partial charge in [-0.3, -0.25) is 4.90 Å². The van der Waals surface area contributed by atoms with Crippen molar-refractivity contribution >= 4 is 49.0 Å². The highest BCUT2D eigenvalue weighted by molar-refractivity contribution is 7.89. The Balaban J connectivity index is 1.08. The fraction of sp³-hybridized carbons (Fsp3) is 0.308. The molecule has 0 atom stereocenters. The van der Waals surface area contributed by atoms with Crippen LogP contribution in [0.2, 0.25) is 5.02 Å². The normalized spacial score (nSPS) is 15.4. The number of hydrogen-bond acceptors (Lipinski definition) is 4. The van der Waals surface area contributed by atoms with E-state index in [2.05, 4.69) is 43.8 Å². The Morgan fingerprint density at radius 1 is 0.882 bits per heavy atom. The molecule has 5 rings (SSSR count). The molecule has 0 aliphatic carbocycles. The fourth-order valence-corrected chi connectivity index (χ4v) is 6.42. The van der Waals surface area contributed by atoms with Crippen molar-refractivity contribution in [2.24, 2.45) is 0 Å². The van der Waals surface area contributed by atoms with E-state index in [9.17, 15) is 8.42 Å². The number of H-pyrrole nitrogens is 1. The van der Waals surface area contributed by atoms with Gasteiger partial charge in [-0.05, 0) is 49.0 Å². The van der Waals surface area contributed by atoms with E-state index >= 15 is 0 Å². The molecule has 3 aromatic carbocycles. The molecule has 0 bridgehead atoms. The van der Waals surface area contributed by atoms with Gasteiger partial charge in [0.25, 0.3) is 0 Å². The second-order valence-corrected chi connectivity index (χ2v) is 10.9. The lowest BCUT2D eigenvalue weighted by molar-refractivity contribution is 0.253. The Kier molecular flexibility index (Phi) is 6.79. The second kappa shape index (κ2) is 9.96. The zero-order valence-corrected chi connectivity index (χ0v) is 20.6. The van der Waals surface area contributed by atoms with E-state index in [0.29, 0.717) is 6.54 Å². The number of rotatable bonds is 8. The van der Waals surface area contributed by atoms with Crippen molar-refractivity contribution in [3.05, 3.63) is 71.9 Å².